The van der Waals surface area contributed by atoms with E-state index in [0.29, 0.717) is 6.42 Å². The lowest BCUT2D eigenvalue weighted by atomic mass is 10.2. The van der Waals surface area contributed by atoms with E-state index in [-0.39, 0.29) is 6.61 Å². The van der Waals surface area contributed by atoms with E-state index in [4.69, 9.17) is 5.11 Å². The molecular weight excluding hydrogens is 138 g/mol. The number of aliphatic imine (C=N–C) groups is 1. The summed E-state index contributed by atoms with van der Waals surface area (Å²) in [5.74, 6) is 0. The van der Waals surface area contributed by atoms with Gasteiger partial charge in [-0.05, 0) is 6.42 Å². The van der Waals surface area contributed by atoms with Crippen molar-refractivity contribution in [3.63, 3.8) is 0 Å². The van der Waals surface area contributed by atoms with Crippen LogP contribution in [0.5, 0.6) is 0 Å². The van der Waals surface area contributed by atoms with Crippen molar-refractivity contribution in [2.24, 2.45) is 4.99 Å². The van der Waals surface area contributed by atoms with Gasteiger partial charge >= 0.3 is 0 Å². The molecule has 0 aromatic heterocycles. The minimum atomic E-state index is 0.221. The number of hydrogen-bond acceptors (Lipinski definition) is 2. The van der Waals surface area contributed by atoms with Crippen molar-refractivity contribution in [3.8, 4) is 0 Å². The minimum absolute atomic E-state index is 0.221. The normalized spacial score (nSPS) is 11.1. The molecule has 0 radical (unpaired) electrons. The van der Waals surface area contributed by atoms with Crippen LogP contribution in [0.3, 0.4) is 0 Å². The molecule has 2 nitrogen and oxygen atoms in total. The Morgan fingerprint density at radius 2 is 2.09 bits per heavy atom. The van der Waals surface area contributed by atoms with E-state index in [1.807, 2.05) is 6.21 Å². The molecule has 0 saturated carbocycles. The fourth-order valence-corrected chi connectivity index (χ4v) is 0.870. The second-order valence-corrected chi connectivity index (χ2v) is 2.66. The van der Waals surface area contributed by atoms with Crippen LogP contribution < -0.4 is 0 Å². The van der Waals surface area contributed by atoms with Crippen molar-refractivity contribution in [1.29, 1.82) is 0 Å². The van der Waals surface area contributed by atoms with Crippen molar-refractivity contribution < 1.29 is 5.11 Å². The molecule has 11 heavy (non-hydrogen) atoms. The van der Waals surface area contributed by atoms with Crippen molar-refractivity contribution in [1.82, 2.24) is 0 Å². The number of nitrogens with zero attached hydrogens (tertiary/aromatic N) is 1. The largest absolute Gasteiger partial charge is 0.396 e. The van der Waals surface area contributed by atoms with Gasteiger partial charge in [0.2, 0.25) is 0 Å². The number of hydrogen-bond donors (Lipinski definition) is 1. The monoisotopic (exact) mass is 157 g/mol. The highest BCUT2D eigenvalue weighted by Gasteiger charge is 1.83. The van der Waals surface area contributed by atoms with Gasteiger partial charge < -0.3 is 5.11 Å². The number of aliphatic hydroxyl groups excluding tert-OH is 1. The highest BCUT2D eigenvalue weighted by Crippen LogP contribution is 1.98. The lowest BCUT2D eigenvalue weighted by Gasteiger charge is -1.93. The van der Waals surface area contributed by atoms with Gasteiger partial charge in [0.25, 0.3) is 0 Å². The van der Waals surface area contributed by atoms with Crippen LogP contribution in [0.25, 0.3) is 0 Å². The first-order valence-electron chi connectivity index (χ1n) is 4.51. The molecule has 0 spiro atoms. The van der Waals surface area contributed by atoms with Crippen LogP contribution >= 0.6 is 0 Å². The average Bonchev–Trinajstić information content (AvgIpc) is 2.03. The number of rotatable bonds is 7. The molecule has 0 aliphatic heterocycles. The molecule has 0 atom stereocenters. The van der Waals surface area contributed by atoms with Crippen LogP contribution in [-0.2, 0) is 0 Å². The van der Waals surface area contributed by atoms with Gasteiger partial charge in [0.05, 0.1) is 0 Å². The predicted octanol–water partition coefficient (Wildman–Crippen LogP) is 2.02. The fraction of sp³-hybridized carbons (Fsp3) is 0.889. The van der Waals surface area contributed by atoms with E-state index in [0.717, 1.165) is 6.54 Å². The summed E-state index contributed by atoms with van der Waals surface area (Å²) in [6.45, 7) is 3.35. The van der Waals surface area contributed by atoms with Crippen LogP contribution in [0.1, 0.15) is 39.0 Å². The SMILES string of the molecule is CCCCCCN=CCCO. The molecule has 0 aromatic carbocycles. The second kappa shape index (κ2) is 9.63. The molecule has 2 heteroatoms. The van der Waals surface area contributed by atoms with Gasteiger partial charge in [-0.1, -0.05) is 26.2 Å². The van der Waals surface area contributed by atoms with E-state index < -0.39 is 0 Å². The summed E-state index contributed by atoms with van der Waals surface area (Å²) < 4.78 is 0. The van der Waals surface area contributed by atoms with Gasteiger partial charge in [-0.3, -0.25) is 4.99 Å². The highest BCUT2D eigenvalue weighted by molar-refractivity contribution is 5.57. The molecule has 0 aromatic rings. The first kappa shape index (κ1) is 10.6. The molecular formula is C9H19NO. The number of aliphatic hydroxyl groups is 1. The van der Waals surface area contributed by atoms with Gasteiger partial charge in [0, 0.05) is 25.8 Å². The van der Waals surface area contributed by atoms with Crippen LogP contribution in [0.4, 0.5) is 0 Å². The lowest BCUT2D eigenvalue weighted by Crippen LogP contribution is -1.86. The Morgan fingerprint density at radius 3 is 2.73 bits per heavy atom. The van der Waals surface area contributed by atoms with Gasteiger partial charge in [0.1, 0.15) is 0 Å². The van der Waals surface area contributed by atoms with Crippen molar-refractivity contribution in [2.75, 3.05) is 13.2 Å². The average molecular weight is 157 g/mol. The minimum Gasteiger partial charge on any atom is -0.396 e. The van der Waals surface area contributed by atoms with Crippen molar-refractivity contribution in [3.05, 3.63) is 0 Å². The van der Waals surface area contributed by atoms with E-state index in [1.165, 1.54) is 25.7 Å². The van der Waals surface area contributed by atoms with Gasteiger partial charge in [-0.25, -0.2) is 0 Å². The van der Waals surface area contributed by atoms with Gasteiger partial charge in [0.15, 0.2) is 0 Å². The summed E-state index contributed by atoms with van der Waals surface area (Å²) in [5, 5.41) is 8.42. The molecule has 1 N–H and O–H groups in total. The quantitative estimate of drug-likeness (QED) is 0.445. The molecule has 0 amide bonds. The van der Waals surface area contributed by atoms with E-state index in [2.05, 4.69) is 11.9 Å². The lowest BCUT2D eigenvalue weighted by molar-refractivity contribution is 0.308. The molecule has 0 aliphatic carbocycles. The Hall–Kier alpha value is -0.370. The Morgan fingerprint density at radius 1 is 1.27 bits per heavy atom. The molecule has 0 heterocycles. The zero-order chi connectivity index (χ0) is 8.36. The molecule has 0 saturated heterocycles. The number of unbranched alkanes of at least 4 members (excludes halogenated alkanes) is 3. The molecule has 0 aliphatic rings. The van der Waals surface area contributed by atoms with E-state index in [1.54, 1.807) is 0 Å². The van der Waals surface area contributed by atoms with Gasteiger partial charge in [-0.2, -0.15) is 0 Å². The highest BCUT2D eigenvalue weighted by atomic mass is 16.2. The van der Waals surface area contributed by atoms with Crippen molar-refractivity contribution in [2.45, 2.75) is 39.0 Å². The summed E-state index contributed by atoms with van der Waals surface area (Å²) in [6, 6.07) is 0. The smallest absolute Gasteiger partial charge is 0.0480 e. The zero-order valence-corrected chi connectivity index (χ0v) is 7.42. The first-order valence-corrected chi connectivity index (χ1v) is 4.51. The molecule has 0 unspecified atom stereocenters. The second-order valence-electron chi connectivity index (χ2n) is 2.66. The van der Waals surface area contributed by atoms with E-state index in [9.17, 15) is 0 Å². The third-order valence-electron chi connectivity index (χ3n) is 1.53. The molecule has 0 fully saturated rings. The third kappa shape index (κ3) is 9.63. The topological polar surface area (TPSA) is 32.6 Å². The Kier molecular flexibility index (Phi) is 9.31. The van der Waals surface area contributed by atoms with Crippen LogP contribution in [0.15, 0.2) is 4.99 Å². The maximum atomic E-state index is 8.42. The van der Waals surface area contributed by atoms with Crippen LogP contribution in [0.2, 0.25) is 0 Å². The Labute approximate surface area is 69.3 Å². The van der Waals surface area contributed by atoms with E-state index >= 15 is 0 Å². The van der Waals surface area contributed by atoms with Crippen LogP contribution in [0, 0.1) is 0 Å². The molecule has 66 valence electrons. The van der Waals surface area contributed by atoms with Crippen LogP contribution in [-0.4, -0.2) is 24.5 Å². The Bertz CT molecular complexity index is 91.6. The summed E-state index contributed by atoms with van der Waals surface area (Å²) in [5.41, 5.74) is 0. The summed E-state index contributed by atoms with van der Waals surface area (Å²) in [6.07, 6.45) is 7.58. The predicted molar refractivity (Wildman–Crippen MR) is 49.2 cm³/mol. The summed E-state index contributed by atoms with van der Waals surface area (Å²) >= 11 is 0. The summed E-state index contributed by atoms with van der Waals surface area (Å²) in [4.78, 5) is 4.15. The fourth-order valence-electron chi connectivity index (χ4n) is 0.870. The standard InChI is InChI=1S/C9H19NO/c1-2-3-4-5-7-10-8-6-9-11/h8,11H,2-7,9H2,1H3. The molecule has 0 bridgehead atoms. The zero-order valence-electron chi connectivity index (χ0n) is 7.42. The Balaban J connectivity index is 2.89. The summed E-state index contributed by atoms with van der Waals surface area (Å²) in [7, 11) is 0. The first-order chi connectivity index (χ1) is 5.41. The maximum absolute atomic E-state index is 8.42. The van der Waals surface area contributed by atoms with Gasteiger partial charge in [-0.15, -0.1) is 0 Å². The maximum Gasteiger partial charge on any atom is 0.0480 e. The third-order valence-corrected chi connectivity index (χ3v) is 1.53. The van der Waals surface area contributed by atoms with Crippen molar-refractivity contribution >= 4 is 6.21 Å². The molecule has 0 rings (SSSR count).